The number of carboxylic acid groups (broad SMARTS) is 1. The van der Waals surface area contributed by atoms with Gasteiger partial charge in [-0.15, -0.1) is 0 Å². The summed E-state index contributed by atoms with van der Waals surface area (Å²) in [4.78, 5) is 10.7. The molecule has 0 fully saturated rings. The summed E-state index contributed by atoms with van der Waals surface area (Å²) in [7, 11) is 0. The highest BCUT2D eigenvalue weighted by atomic mass is 16.4. The molecule has 0 amide bonds. The van der Waals surface area contributed by atoms with E-state index in [1.165, 1.54) is 16.7 Å². The van der Waals surface area contributed by atoms with Crippen LogP contribution in [0.1, 0.15) is 18.4 Å². The van der Waals surface area contributed by atoms with E-state index in [1.807, 2.05) is 12.1 Å². The van der Waals surface area contributed by atoms with Crippen molar-refractivity contribution < 1.29 is 9.90 Å². The van der Waals surface area contributed by atoms with Crippen LogP contribution in [0.3, 0.4) is 0 Å². The first-order chi connectivity index (χ1) is 14.2. The number of rotatable bonds is 7. The van der Waals surface area contributed by atoms with Crippen molar-refractivity contribution in [1.82, 2.24) is 4.57 Å². The molecular weight excluding hydrogens is 358 g/mol. The highest BCUT2D eigenvalue weighted by Crippen LogP contribution is 2.31. The van der Waals surface area contributed by atoms with Crippen molar-refractivity contribution in [1.29, 1.82) is 0 Å². The Morgan fingerprint density at radius 3 is 2.00 bits per heavy atom. The maximum Gasteiger partial charge on any atom is 0.303 e. The highest BCUT2D eigenvalue weighted by Gasteiger charge is 2.11. The van der Waals surface area contributed by atoms with Crippen LogP contribution in [0, 0.1) is 0 Å². The summed E-state index contributed by atoms with van der Waals surface area (Å²) >= 11 is 0. The lowest BCUT2D eigenvalue weighted by Gasteiger charge is -2.10. The van der Waals surface area contributed by atoms with Crippen molar-refractivity contribution >= 4 is 5.97 Å². The van der Waals surface area contributed by atoms with Gasteiger partial charge in [0, 0.05) is 23.9 Å². The molecule has 0 saturated carbocycles. The maximum absolute atomic E-state index is 10.7. The van der Waals surface area contributed by atoms with Crippen LogP contribution in [0.4, 0.5) is 0 Å². The molecule has 0 spiro atoms. The number of hydrogen-bond donors (Lipinski definition) is 1. The molecule has 29 heavy (non-hydrogen) atoms. The third kappa shape index (κ3) is 4.46. The normalized spacial score (nSPS) is 10.8. The minimum Gasteiger partial charge on any atom is -0.481 e. The van der Waals surface area contributed by atoms with E-state index >= 15 is 0 Å². The molecule has 0 aliphatic rings. The standard InChI is InChI=1S/C26H23NO2/c28-26(29)13-7-8-20-14-16-24(17-15-20)27-19-23(21-9-3-1-4-10-21)18-25(27)22-11-5-2-6-12-22/h1-6,9-12,14-19H,7-8,13H2,(H,28,29). The smallest absolute Gasteiger partial charge is 0.303 e. The summed E-state index contributed by atoms with van der Waals surface area (Å²) in [5.41, 5.74) is 6.92. The van der Waals surface area contributed by atoms with Crippen LogP contribution in [-0.4, -0.2) is 15.6 Å². The van der Waals surface area contributed by atoms with Gasteiger partial charge in [0.05, 0.1) is 5.69 Å². The SMILES string of the molecule is O=C(O)CCCc1ccc(-n2cc(-c3ccccc3)cc2-c2ccccc2)cc1. The zero-order chi connectivity index (χ0) is 20.1. The fourth-order valence-corrected chi connectivity index (χ4v) is 3.56. The minimum atomic E-state index is -0.741. The van der Waals surface area contributed by atoms with Gasteiger partial charge in [-0.3, -0.25) is 4.79 Å². The molecule has 0 aliphatic heterocycles. The summed E-state index contributed by atoms with van der Waals surface area (Å²) in [6.45, 7) is 0. The van der Waals surface area contributed by atoms with E-state index in [9.17, 15) is 4.79 Å². The number of carboxylic acids is 1. The van der Waals surface area contributed by atoms with Gasteiger partial charge in [0.1, 0.15) is 0 Å². The number of aryl methyl sites for hydroxylation is 1. The Hall–Kier alpha value is -3.59. The molecule has 0 radical (unpaired) electrons. The van der Waals surface area contributed by atoms with E-state index < -0.39 is 5.97 Å². The van der Waals surface area contributed by atoms with E-state index in [2.05, 4.69) is 89.6 Å². The van der Waals surface area contributed by atoms with Gasteiger partial charge in [0.25, 0.3) is 0 Å². The number of aliphatic carboxylic acids is 1. The Bertz CT molecular complexity index is 1080. The zero-order valence-corrected chi connectivity index (χ0v) is 16.2. The lowest BCUT2D eigenvalue weighted by Crippen LogP contribution is -1.97. The van der Waals surface area contributed by atoms with Gasteiger partial charge in [-0.1, -0.05) is 72.8 Å². The second-order valence-corrected chi connectivity index (χ2v) is 7.13. The first-order valence-electron chi connectivity index (χ1n) is 9.85. The topological polar surface area (TPSA) is 42.2 Å². The largest absolute Gasteiger partial charge is 0.481 e. The summed E-state index contributed by atoms with van der Waals surface area (Å²) in [6.07, 6.45) is 3.82. The van der Waals surface area contributed by atoms with Crippen molar-refractivity contribution in [3.63, 3.8) is 0 Å². The molecule has 1 aromatic heterocycles. The molecule has 144 valence electrons. The van der Waals surface area contributed by atoms with Crippen LogP contribution >= 0.6 is 0 Å². The molecule has 1 N–H and O–H groups in total. The van der Waals surface area contributed by atoms with E-state index in [1.54, 1.807) is 0 Å². The van der Waals surface area contributed by atoms with Crippen molar-refractivity contribution in [2.75, 3.05) is 0 Å². The van der Waals surface area contributed by atoms with Crippen LogP contribution in [0.5, 0.6) is 0 Å². The number of aromatic nitrogens is 1. The monoisotopic (exact) mass is 381 g/mol. The minimum absolute atomic E-state index is 0.206. The Morgan fingerprint density at radius 2 is 1.38 bits per heavy atom. The molecule has 4 rings (SSSR count). The molecule has 3 aromatic carbocycles. The molecule has 0 aliphatic carbocycles. The van der Waals surface area contributed by atoms with Gasteiger partial charge in [0.2, 0.25) is 0 Å². The Balaban J connectivity index is 1.68. The second-order valence-electron chi connectivity index (χ2n) is 7.13. The lowest BCUT2D eigenvalue weighted by atomic mass is 10.1. The first-order valence-corrected chi connectivity index (χ1v) is 9.85. The van der Waals surface area contributed by atoms with Crippen LogP contribution in [0.25, 0.3) is 28.1 Å². The molecule has 1 heterocycles. The summed E-state index contributed by atoms with van der Waals surface area (Å²) in [5.74, 6) is -0.741. The van der Waals surface area contributed by atoms with E-state index in [-0.39, 0.29) is 6.42 Å². The van der Waals surface area contributed by atoms with E-state index in [0.29, 0.717) is 6.42 Å². The Kier molecular flexibility index (Phi) is 5.57. The third-order valence-corrected chi connectivity index (χ3v) is 5.07. The van der Waals surface area contributed by atoms with Gasteiger partial charge >= 0.3 is 5.97 Å². The van der Waals surface area contributed by atoms with Crippen LogP contribution in [0.2, 0.25) is 0 Å². The number of nitrogens with zero attached hydrogens (tertiary/aromatic N) is 1. The molecule has 3 nitrogen and oxygen atoms in total. The predicted molar refractivity (Wildman–Crippen MR) is 117 cm³/mol. The van der Waals surface area contributed by atoms with Crippen LogP contribution < -0.4 is 0 Å². The summed E-state index contributed by atoms with van der Waals surface area (Å²) < 4.78 is 2.22. The van der Waals surface area contributed by atoms with Crippen molar-refractivity contribution in [3.8, 4) is 28.1 Å². The van der Waals surface area contributed by atoms with Crippen molar-refractivity contribution in [2.24, 2.45) is 0 Å². The quantitative estimate of drug-likeness (QED) is 0.413. The van der Waals surface area contributed by atoms with E-state index in [4.69, 9.17) is 5.11 Å². The van der Waals surface area contributed by atoms with Crippen LogP contribution in [-0.2, 0) is 11.2 Å². The lowest BCUT2D eigenvalue weighted by molar-refractivity contribution is -0.137. The van der Waals surface area contributed by atoms with Gasteiger partial charge < -0.3 is 9.67 Å². The molecule has 0 atom stereocenters. The van der Waals surface area contributed by atoms with Crippen molar-refractivity contribution in [2.45, 2.75) is 19.3 Å². The van der Waals surface area contributed by atoms with E-state index in [0.717, 1.165) is 23.4 Å². The third-order valence-electron chi connectivity index (χ3n) is 5.07. The number of benzene rings is 3. The van der Waals surface area contributed by atoms with Gasteiger partial charge in [-0.05, 0) is 47.7 Å². The van der Waals surface area contributed by atoms with Crippen molar-refractivity contribution in [3.05, 3.63) is 103 Å². The molecule has 0 unspecified atom stereocenters. The average molecular weight is 381 g/mol. The Morgan fingerprint density at radius 1 is 0.759 bits per heavy atom. The first kappa shape index (κ1) is 18.8. The Labute approximate surface area is 170 Å². The summed E-state index contributed by atoms with van der Waals surface area (Å²) in [5, 5.41) is 8.82. The fourth-order valence-electron chi connectivity index (χ4n) is 3.56. The van der Waals surface area contributed by atoms with Crippen LogP contribution in [0.15, 0.2) is 97.2 Å². The average Bonchev–Trinajstić information content (AvgIpc) is 3.21. The van der Waals surface area contributed by atoms with Gasteiger partial charge in [-0.2, -0.15) is 0 Å². The fraction of sp³-hybridized carbons (Fsp3) is 0.115. The highest BCUT2D eigenvalue weighted by molar-refractivity contribution is 5.74. The summed E-state index contributed by atoms with van der Waals surface area (Å²) in [6, 6.07) is 31.4. The molecular formula is C26H23NO2. The molecule has 0 bridgehead atoms. The number of hydrogen-bond acceptors (Lipinski definition) is 1. The maximum atomic E-state index is 10.7. The van der Waals surface area contributed by atoms with Gasteiger partial charge in [0.15, 0.2) is 0 Å². The second kappa shape index (κ2) is 8.61. The van der Waals surface area contributed by atoms with Gasteiger partial charge in [-0.25, -0.2) is 0 Å². The predicted octanol–water partition coefficient (Wildman–Crippen LogP) is 6.22. The molecule has 4 aromatic rings. The number of carbonyl (C=O) groups is 1. The zero-order valence-electron chi connectivity index (χ0n) is 16.2. The molecule has 0 saturated heterocycles. The molecule has 3 heteroatoms.